The van der Waals surface area contributed by atoms with Gasteiger partial charge >= 0.3 is 5.97 Å². The lowest BCUT2D eigenvalue weighted by molar-refractivity contribution is -0.127. The van der Waals surface area contributed by atoms with Crippen LogP contribution in [0.3, 0.4) is 0 Å². The predicted molar refractivity (Wildman–Crippen MR) is 112 cm³/mol. The summed E-state index contributed by atoms with van der Waals surface area (Å²) in [5.74, 6) is -1.86. The van der Waals surface area contributed by atoms with Crippen LogP contribution >= 0.6 is 0 Å². The molecule has 0 unspecified atom stereocenters. The molecule has 0 saturated heterocycles. The average Bonchev–Trinajstić information content (AvgIpc) is 2.71. The highest BCUT2D eigenvalue weighted by Gasteiger charge is 2.25. The molecular weight excluding hydrogens is 388 g/mol. The smallest absolute Gasteiger partial charge is 0.342 e. The number of hydrogen-bond acceptors (Lipinski definition) is 7. The van der Waals surface area contributed by atoms with Gasteiger partial charge in [-0.05, 0) is 55.9 Å². The Bertz CT molecular complexity index is 812. The Morgan fingerprint density at radius 3 is 2.53 bits per heavy atom. The van der Waals surface area contributed by atoms with E-state index in [4.69, 9.17) is 9.84 Å². The van der Waals surface area contributed by atoms with Gasteiger partial charge in [0.15, 0.2) is 5.78 Å². The zero-order valence-electron chi connectivity index (χ0n) is 17.3. The molecule has 4 N–H and O–H groups in total. The van der Waals surface area contributed by atoms with Crippen molar-refractivity contribution >= 4 is 17.8 Å². The lowest BCUT2D eigenvalue weighted by atomic mass is 9.94. The fourth-order valence-electron chi connectivity index (χ4n) is 3.18. The Labute approximate surface area is 176 Å². The average molecular weight is 418 g/mol. The summed E-state index contributed by atoms with van der Waals surface area (Å²) in [6.07, 6.45) is 4.19. The third kappa shape index (κ3) is 6.01. The molecule has 1 aliphatic rings. The van der Waals surface area contributed by atoms with Crippen molar-refractivity contribution < 1.29 is 34.8 Å². The normalized spacial score (nSPS) is 27.6. The molecule has 30 heavy (non-hydrogen) atoms. The van der Waals surface area contributed by atoms with E-state index in [-0.39, 0.29) is 30.3 Å². The Balaban J connectivity index is 2.50. The lowest BCUT2D eigenvalue weighted by Crippen LogP contribution is -2.32. The van der Waals surface area contributed by atoms with Gasteiger partial charge in [0.2, 0.25) is 0 Å². The predicted octanol–water partition coefficient (Wildman–Crippen LogP) is 2.15. The topological polar surface area (TPSA) is 124 Å². The van der Waals surface area contributed by atoms with Gasteiger partial charge in [0.05, 0.1) is 6.10 Å². The molecule has 0 bridgehead atoms. The van der Waals surface area contributed by atoms with Gasteiger partial charge in [-0.1, -0.05) is 31.2 Å². The highest BCUT2D eigenvalue weighted by atomic mass is 16.5. The van der Waals surface area contributed by atoms with Crippen molar-refractivity contribution in [2.24, 2.45) is 5.92 Å². The third-order valence-corrected chi connectivity index (χ3v) is 5.29. The van der Waals surface area contributed by atoms with Crippen LogP contribution in [0.25, 0.3) is 6.08 Å². The number of carbonyl (C=O) groups excluding carboxylic acids is 2. The maximum atomic E-state index is 12.9. The molecular formula is C23H30O7. The third-order valence-electron chi connectivity index (χ3n) is 5.29. The Hall–Kier alpha value is -2.48. The number of benzene rings is 1. The Morgan fingerprint density at radius 1 is 1.10 bits per heavy atom. The molecule has 4 atom stereocenters. The van der Waals surface area contributed by atoms with E-state index >= 15 is 0 Å². The quantitative estimate of drug-likeness (QED) is 0.436. The highest BCUT2D eigenvalue weighted by molar-refractivity contribution is 5.97. The molecule has 0 saturated carbocycles. The summed E-state index contributed by atoms with van der Waals surface area (Å²) in [6.45, 7) is 3.48. The number of phenolic OH excluding ortho intramolecular Hbond substituents is 1. The fourth-order valence-corrected chi connectivity index (χ4v) is 3.18. The van der Waals surface area contributed by atoms with Gasteiger partial charge in [0.1, 0.15) is 23.5 Å². The first-order chi connectivity index (χ1) is 14.3. The standard InChI is InChI=1S/C23H30O7/c1-14-9-11-20(27)22(28)19(26)8-5-7-17-16(6-3-4-13-24)10-12-18(25)21(17)23(29)30-15(14)2/h5,7,9-12,14-15,19,22,24-26,28H,3-4,6,8,13H2,1-2H3/b7-5+,11-9-/t14-,15+,19+,22+/m1/s1. The summed E-state index contributed by atoms with van der Waals surface area (Å²) in [6, 6.07) is 3.15. The van der Waals surface area contributed by atoms with E-state index in [1.54, 1.807) is 32.1 Å². The first-order valence-corrected chi connectivity index (χ1v) is 10.2. The van der Waals surface area contributed by atoms with E-state index in [1.807, 2.05) is 0 Å². The van der Waals surface area contributed by atoms with E-state index in [2.05, 4.69) is 0 Å². The molecule has 0 aromatic heterocycles. The van der Waals surface area contributed by atoms with E-state index in [9.17, 15) is 24.9 Å². The molecule has 1 heterocycles. The van der Waals surface area contributed by atoms with Crippen LogP contribution < -0.4 is 0 Å². The largest absolute Gasteiger partial charge is 0.507 e. The van der Waals surface area contributed by atoms with Gasteiger partial charge in [0, 0.05) is 12.5 Å². The van der Waals surface area contributed by atoms with Crippen LogP contribution in [0.1, 0.15) is 54.6 Å². The van der Waals surface area contributed by atoms with Gasteiger partial charge in [-0.15, -0.1) is 0 Å². The van der Waals surface area contributed by atoms with Crippen molar-refractivity contribution in [2.45, 2.75) is 57.8 Å². The van der Waals surface area contributed by atoms with Crippen LogP contribution in [-0.4, -0.2) is 57.1 Å². The molecule has 1 aromatic carbocycles. The van der Waals surface area contributed by atoms with Crippen LogP contribution in [0.2, 0.25) is 0 Å². The number of ether oxygens (including phenoxy) is 1. The molecule has 1 aliphatic heterocycles. The molecule has 0 aliphatic carbocycles. The zero-order chi connectivity index (χ0) is 22.3. The summed E-state index contributed by atoms with van der Waals surface area (Å²) in [4.78, 5) is 25.0. The second kappa shape index (κ2) is 11.1. The van der Waals surface area contributed by atoms with E-state index in [0.29, 0.717) is 24.8 Å². The number of aryl methyl sites for hydroxylation is 1. The lowest BCUT2D eigenvalue weighted by Gasteiger charge is -2.21. The van der Waals surface area contributed by atoms with Crippen LogP contribution in [0.5, 0.6) is 5.75 Å². The zero-order valence-corrected chi connectivity index (χ0v) is 17.3. The molecule has 1 aromatic rings. The van der Waals surface area contributed by atoms with Gasteiger partial charge in [-0.25, -0.2) is 4.79 Å². The van der Waals surface area contributed by atoms with E-state index < -0.39 is 30.1 Å². The van der Waals surface area contributed by atoms with Gasteiger partial charge < -0.3 is 25.2 Å². The number of phenols is 1. The number of carbonyl (C=O) groups is 2. The number of ketones is 1. The number of unbranched alkanes of at least 4 members (excludes halogenated alkanes) is 1. The van der Waals surface area contributed by atoms with Crippen molar-refractivity contribution in [3.05, 3.63) is 47.1 Å². The SMILES string of the molecule is C[C@@H]1/C=C\C(=O)[C@@H](O)[C@@H](O)C/C=C/c2c(CCCCO)ccc(O)c2C(=O)O[C@H]1C. The summed E-state index contributed by atoms with van der Waals surface area (Å²) in [5, 5.41) is 39.6. The molecule has 0 spiro atoms. The van der Waals surface area contributed by atoms with Crippen molar-refractivity contribution in [2.75, 3.05) is 6.61 Å². The highest BCUT2D eigenvalue weighted by Crippen LogP contribution is 2.29. The molecule has 0 fully saturated rings. The number of hydrogen-bond donors (Lipinski definition) is 4. The van der Waals surface area contributed by atoms with Crippen LogP contribution in [0.4, 0.5) is 0 Å². The van der Waals surface area contributed by atoms with Crippen molar-refractivity contribution in [3.63, 3.8) is 0 Å². The number of aliphatic hydroxyl groups is 3. The second-order valence-corrected chi connectivity index (χ2v) is 7.59. The molecule has 164 valence electrons. The monoisotopic (exact) mass is 418 g/mol. The number of cyclic esters (lactones) is 1. The van der Waals surface area contributed by atoms with Crippen molar-refractivity contribution in [1.82, 2.24) is 0 Å². The minimum Gasteiger partial charge on any atom is -0.507 e. The van der Waals surface area contributed by atoms with Crippen molar-refractivity contribution in [1.29, 1.82) is 0 Å². The minimum absolute atomic E-state index is 0.0209. The summed E-state index contributed by atoms with van der Waals surface area (Å²) >= 11 is 0. The maximum Gasteiger partial charge on any atom is 0.342 e. The Kier molecular flexibility index (Phi) is 8.77. The van der Waals surface area contributed by atoms with Gasteiger partial charge in [-0.3, -0.25) is 4.79 Å². The molecule has 0 amide bonds. The number of aromatic hydroxyl groups is 1. The molecule has 7 nitrogen and oxygen atoms in total. The molecule has 0 radical (unpaired) electrons. The van der Waals surface area contributed by atoms with E-state index in [1.165, 1.54) is 18.2 Å². The van der Waals surface area contributed by atoms with Gasteiger partial charge in [0.25, 0.3) is 0 Å². The summed E-state index contributed by atoms with van der Waals surface area (Å²) < 4.78 is 5.53. The van der Waals surface area contributed by atoms with Crippen LogP contribution in [0.15, 0.2) is 30.4 Å². The summed E-state index contributed by atoms with van der Waals surface area (Å²) in [7, 11) is 0. The number of fused-ring (bicyclic) bond motifs is 1. The second-order valence-electron chi connectivity index (χ2n) is 7.59. The first kappa shape index (κ1) is 23.8. The fraction of sp³-hybridized carbons (Fsp3) is 0.478. The Morgan fingerprint density at radius 2 is 1.83 bits per heavy atom. The van der Waals surface area contributed by atoms with Gasteiger partial charge in [-0.2, -0.15) is 0 Å². The number of esters is 1. The van der Waals surface area contributed by atoms with Crippen molar-refractivity contribution in [3.8, 4) is 5.75 Å². The minimum atomic E-state index is -1.56. The number of aliphatic hydroxyl groups excluding tert-OH is 3. The van der Waals surface area contributed by atoms with E-state index in [0.717, 1.165) is 5.56 Å². The molecule has 2 rings (SSSR count). The maximum absolute atomic E-state index is 12.9. The summed E-state index contributed by atoms with van der Waals surface area (Å²) in [5.41, 5.74) is 1.26. The van der Waals surface area contributed by atoms with Crippen LogP contribution in [0, 0.1) is 5.92 Å². The number of rotatable bonds is 4. The molecule has 7 heteroatoms. The van der Waals surface area contributed by atoms with Crippen LogP contribution in [-0.2, 0) is 16.0 Å². The first-order valence-electron chi connectivity index (χ1n) is 10.2.